The number of benzene rings is 2. The van der Waals surface area contributed by atoms with Crippen LogP contribution < -0.4 is 0 Å². The van der Waals surface area contributed by atoms with Crippen molar-refractivity contribution in [3.8, 4) is 11.3 Å². The van der Waals surface area contributed by atoms with Gasteiger partial charge in [-0.25, -0.2) is 4.68 Å². The third-order valence-corrected chi connectivity index (χ3v) is 4.29. The van der Waals surface area contributed by atoms with E-state index in [0.29, 0.717) is 5.69 Å². The van der Waals surface area contributed by atoms with Gasteiger partial charge >= 0.3 is 0 Å². The lowest BCUT2D eigenvalue weighted by Gasteiger charge is -2.34. The summed E-state index contributed by atoms with van der Waals surface area (Å²) in [6.45, 7) is -0.0753. The summed E-state index contributed by atoms with van der Waals surface area (Å²) in [6.07, 6.45) is -2.90. The number of aliphatic hydroxyl groups excluding tert-OH is 3. The first kappa shape index (κ1) is 15.2. The Labute approximate surface area is 137 Å². The van der Waals surface area contributed by atoms with E-state index in [2.05, 4.69) is 10.3 Å². The highest BCUT2D eigenvalue weighted by atomic mass is 16.5. The molecule has 2 heterocycles. The smallest absolute Gasteiger partial charge is 0.180 e. The average Bonchev–Trinajstić information content (AvgIpc) is 3.09. The van der Waals surface area contributed by atoms with Gasteiger partial charge in [0.2, 0.25) is 0 Å². The van der Waals surface area contributed by atoms with E-state index in [1.165, 1.54) is 4.68 Å². The van der Waals surface area contributed by atoms with Crippen LogP contribution in [0.4, 0.5) is 0 Å². The molecule has 1 saturated heterocycles. The van der Waals surface area contributed by atoms with Crippen LogP contribution in [0.5, 0.6) is 0 Å². The summed E-state index contributed by atoms with van der Waals surface area (Å²) in [4.78, 5) is 0. The summed E-state index contributed by atoms with van der Waals surface area (Å²) < 4.78 is 6.74. The fourth-order valence-electron chi connectivity index (χ4n) is 2.91. The zero-order valence-corrected chi connectivity index (χ0v) is 12.7. The van der Waals surface area contributed by atoms with Gasteiger partial charge in [0, 0.05) is 5.56 Å². The van der Waals surface area contributed by atoms with Crippen LogP contribution in [-0.4, -0.2) is 55.2 Å². The van der Waals surface area contributed by atoms with Crippen LogP contribution in [0.1, 0.15) is 6.23 Å². The van der Waals surface area contributed by atoms with E-state index < -0.39 is 24.5 Å². The highest BCUT2D eigenvalue weighted by molar-refractivity contribution is 5.86. The van der Waals surface area contributed by atoms with Crippen molar-refractivity contribution in [2.75, 3.05) is 6.61 Å². The molecule has 0 radical (unpaired) electrons. The van der Waals surface area contributed by atoms with Crippen LogP contribution in [0.25, 0.3) is 22.0 Å². The summed E-state index contributed by atoms with van der Waals surface area (Å²) >= 11 is 0. The topological polar surface area (TPSA) is 101 Å². The second kappa shape index (κ2) is 5.95. The predicted molar refractivity (Wildman–Crippen MR) is 86.0 cm³/mol. The van der Waals surface area contributed by atoms with Crippen molar-refractivity contribution in [1.82, 2.24) is 15.0 Å². The Bertz CT molecular complexity index is 866. The molecule has 0 bridgehead atoms. The lowest BCUT2D eigenvalue weighted by atomic mass is 10.0. The monoisotopic (exact) mass is 327 g/mol. The molecule has 0 aliphatic carbocycles. The van der Waals surface area contributed by atoms with Gasteiger partial charge in [-0.1, -0.05) is 41.6 Å². The van der Waals surface area contributed by atoms with E-state index in [0.717, 1.165) is 16.3 Å². The van der Waals surface area contributed by atoms with Crippen molar-refractivity contribution in [1.29, 1.82) is 0 Å². The van der Waals surface area contributed by atoms with Crippen LogP contribution in [-0.2, 0) is 4.74 Å². The van der Waals surface area contributed by atoms with Gasteiger partial charge < -0.3 is 20.1 Å². The Morgan fingerprint density at radius 1 is 1.00 bits per heavy atom. The third kappa shape index (κ3) is 2.57. The first-order valence-electron chi connectivity index (χ1n) is 7.70. The van der Waals surface area contributed by atoms with Crippen molar-refractivity contribution in [2.45, 2.75) is 24.5 Å². The van der Waals surface area contributed by atoms with Gasteiger partial charge in [-0.15, -0.1) is 5.10 Å². The van der Waals surface area contributed by atoms with E-state index in [-0.39, 0.29) is 6.61 Å². The molecule has 1 aliphatic rings. The summed E-state index contributed by atoms with van der Waals surface area (Å²) in [5.74, 6) is 0. The Kier molecular flexibility index (Phi) is 3.78. The molecule has 7 nitrogen and oxygen atoms in total. The van der Waals surface area contributed by atoms with Gasteiger partial charge in [-0.05, 0) is 16.8 Å². The fraction of sp³-hybridized carbons (Fsp3) is 0.294. The lowest BCUT2D eigenvalue weighted by Crippen LogP contribution is -2.50. The summed E-state index contributed by atoms with van der Waals surface area (Å²) in [5, 5.41) is 39.7. The molecular weight excluding hydrogens is 310 g/mol. The van der Waals surface area contributed by atoms with Gasteiger partial charge in [-0.3, -0.25) is 0 Å². The maximum absolute atomic E-state index is 10.1. The van der Waals surface area contributed by atoms with Crippen LogP contribution in [0, 0.1) is 0 Å². The summed E-state index contributed by atoms with van der Waals surface area (Å²) in [6, 6.07) is 14.0. The van der Waals surface area contributed by atoms with Crippen LogP contribution >= 0.6 is 0 Å². The molecule has 0 spiro atoms. The minimum absolute atomic E-state index is 0.0753. The number of fused-ring (bicyclic) bond motifs is 1. The predicted octanol–water partition coefficient (Wildman–Crippen LogP) is 0.710. The van der Waals surface area contributed by atoms with Crippen LogP contribution in [0.2, 0.25) is 0 Å². The van der Waals surface area contributed by atoms with Crippen molar-refractivity contribution in [3.05, 3.63) is 48.7 Å². The van der Waals surface area contributed by atoms with E-state index in [1.807, 2.05) is 42.5 Å². The summed E-state index contributed by atoms with van der Waals surface area (Å²) in [7, 11) is 0. The molecule has 7 heteroatoms. The van der Waals surface area contributed by atoms with E-state index in [9.17, 15) is 15.3 Å². The molecule has 3 N–H and O–H groups in total. The first-order valence-corrected chi connectivity index (χ1v) is 7.70. The zero-order chi connectivity index (χ0) is 16.7. The number of ether oxygens (including phenoxy) is 1. The Hall–Kier alpha value is -2.32. The lowest BCUT2D eigenvalue weighted by molar-refractivity contribution is -0.214. The van der Waals surface area contributed by atoms with Gasteiger partial charge in [0.05, 0.1) is 12.8 Å². The van der Waals surface area contributed by atoms with E-state index >= 15 is 0 Å². The second-order valence-electron chi connectivity index (χ2n) is 5.92. The maximum atomic E-state index is 10.1. The third-order valence-electron chi connectivity index (χ3n) is 4.29. The molecule has 1 aliphatic heterocycles. The molecule has 2 aromatic carbocycles. The fourth-order valence-corrected chi connectivity index (χ4v) is 2.91. The Morgan fingerprint density at radius 2 is 1.79 bits per heavy atom. The minimum Gasteiger partial charge on any atom is -0.388 e. The van der Waals surface area contributed by atoms with Gasteiger partial charge in [-0.2, -0.15) is 0 Å². The van der Waals surface area contributed by atoms with Crippen molar-refractivity contribution in [3.63, 3.8) is 0 Å². The molecule has 1 fully saturated rings. The van der Waals surface area contributed by atoms with Crippen molar-refractivity contribution in [2.24, 2.45) is 0 Å². The molecule has 24 heavy (non-hydrogen) atoms. The number of aliphatic hydroxyl groups is 3. The van der Waals surface area contributed by atoms with Gasteiger partial charge in [0.15, 0.2) is 6.23 Å². The average molecular weight is 327 g/mol. The largest absolute Gasteiger partial charge is 0.388 e. The number of hydrogen-bond acceptors (Lipinski definition) is 6. The highest BCUT2D eigenvalue weighted by Gasteiger charge is 2.39. The van der Waals surface area contributed by atoms with Gasteiger partial charge in [0.25, 0.3) is 0 Å². The van der Waals surface area contributed by atoms with Gasteiger partial charge in [0.1, 0.15) is 24.0 Å². The SMILES string of the molecule is O[C@@H]1[C@@H](O)[C@H](n2cc(-c3ccc4ccccc4c3)nn2)OC[C@H]1O. The Balaban J connectivity index is 1.64. The van der Waals surface area contributed by atoms with Crippen molar-refractivity contribution < 1.29 is 20.1 Å². The van der Waals surface area contributed by atoms with Crippen LogP contribution in [0.3, 0.4) is 0 Å². The van der Waals surface area contributed by atoms with E-state index in [1.54, 1.807) is 6.20 Å². The standard InChI is InChI=1S/C17H17N3O4/c21-14-9-24-17(16(23)15(14)22)20-8-13(18-19-20)12-6-5-10-3-1-2-4-11(10)7-12/h1-8,14-17,21-23H,9H2/t14-,15+,16-,17-/m1/s1. The number of rotatable bonds is 2. The molecule has 3 aromatic rings. The quantitative estimate of drug-likeness (QED) is 0.641. The molecule has 124 valence electrons. The zero-order valence-electron chi connectivity index (χ0n) is 12.7. The molecule has 4 atom stereocenters. The van der Waals surface area contributed by atoms with Crippen LogP contribution in [0.15, 0.2) is 48.7 Å². The maximum Gasteiger partial charge on any atom is 0.180 e. The second-order valence-corrected chi connectivity index (χ2v) is 5.92. The Morgan fingerprint density at radius 3 is 2.62 bits per heavy atom. The number of aromatic nitrogens is 3. The molecule has 0 saturated carbocycles. The number of nitrogens with zero attached hydrogens (tertiary/aromatic N) is 3. The first-order chi connectivity index (χ1) is 11.6. The molecule has 0 amide bonds. The molecule has 4 rings (SSSR count). The normalized spacial score (nSPS) is 27.5. The minimum atomic E-state index is -1.28. The molecular formula is C17H17N3O4. The molecule has 1 aromatic heterocycles. The molecule has 0 unspecified atom stereocenters. The van der Waals surface area contributed by atoms with Crippen molar-refractivity contribution >= 4 is 10.8 Å². The highest BCUT2D eigenvalue weighted by Crippen LogP contribution is 2.26. The van der Waals surface area contributed by atoms with E-state index in [4.69, 9.17) is 4.74 Å². The summed E-state index contributed by atoms with van der Waals surface area (Å²) in [5.41, 5.74) is 1.53. The number of hydrogen-bond donors (Lipinski definition) is 3.